The van der Waals surface area contributed by atoms with Gasteiger partial charge in [-0.1, -0.05) is 44.2 Å². The maximum absolute atomic E-state index is 12.8. The normalized spacial score (nSPS) is 27.1. The lowest BCUT2D eigenvalue weighted by Crippen LogP contribution is -2.73. The van der Waals surface area contributed by atoms with Crippen molar-refractivity contribution in [3.63, 3.8) is 0 Å². The van der Waals surface area contributed by atoms with Crippen LogP contribution in [-0.4, -0.2) is 46.3 Å². The highest BCUT2D eigenvalue weighted by atomic mass is 16.7. The molecule has 0 aliphatic carbocycles. The van der Waals surface area contributed by atoms with Crippen LogP contribution in [0.3, 0.4) is 0 Å². The fourth-order valence-electron chi connectivity index (χ4n) is 3.84. The number of carbonyl (C=O) groups excluding carboxylic acids is 2. The van der Waals surface area contributed by atoms with E-state index in [0.717, 1.165) is 24.9 Å². The zero-order valence-electron chi connectivity index (χ0n) is 14.7. The van der Waals surface area contributed by atoms with Crippen LogP contribution < -0.4 is 0 Å². The molecule has 1 aromatic rings. The van der Waals surface area contributed by atoms with Crippen molar-refractivity contribution in [3.05, 3.63) is 35.9 Å². The maximum atomic E-state index is 12.8. The molecule has 2 unspecified atom stereocenters. The average molecular weight is 330 g/mol. The SMILES string of the molecule is CC(=O)C1CCC2(CN(OCc3ccccc3)C2=O)N1CC(C)C. The third-order valence-electron chi connectivity index (χ3n) is 5.05. The van der Waals surface area contributed by atoms with Gasteiger partial charge in [-0.15, -0.1) is 0 Å². The van der Waals surface area contributed by atoms with E-state index in [4.69, 9.17) is 4.84 Å². The van der Waals surface area contributed by atoms with E-state index in [2.05, 4.69) is 18.7 Å². The van der Waals surface area contributed by atoms with Gasteiger partial charge in [-0.3, -0.25) is 19.3 Å². The first-order chi connectivity index (χ1) is 11.4. The number of hydrogen-bond donors (Lipinski definition) is 0. The molecule has 1 spiro atoms. The largest absolute Gasteiger partial charge is 0.298 e. The summed E-state index contributed by atoms with van der Waals surface area (Å²) in [5.74, 6) is 0.570. The van der Waals surface area contributed by atoms with Gasteiger partial charge in [0, 0.05) is 6.54 Å². The lowest BCUT2D eigenvalue weighted by atomic mass is 9.87. The Morgan fingerprint density at radius 1 is 1.33 bits per heavy atom. The minimum Gasteiger partial charge on any atom is -0.298 e. The van der Waals surface area contributed by atoms with Crippen molar-refractivity contribution in [2.75, 3.05) is 13.1 Å². The molecule has 1 amide bonds. The molecule has 2 heterocycles. The zero-order valence-corrected chi connectivity index (χ0v) is 14.7. The average Bonchev–Trinajstić information content (AvgIpc) is 2.92. The van der Waals surface area contributed by atoms with Crippen LogP contribution in [0.4, 0.5) is 0 Å². The van der Waals surface area contributed by atoms with Crippen LogP contribution >= 0.6 is 0 Å². The number of nitrogens with zero attached hydrogens (tertiary/aromatic N) is 2. The molecular weight excluding hydrogens is 304 g/mol. The topological polar surface area (TPSA) is 49.9 Å². The number of rotatable bonds is 6. The lowest BCUT2D eigenvalue weighted by Gasteiger charge is -2.51. The zero-order chi connectivity index (χ0) is 17.3. The van der Waals surface area contributed by atoms with Crippen LogP contribution in [0.25, 0.3) is 0 Å². The summed E-state index contributed by atoms with van der Waals surface area (Å²) in [4.78, 5) is 32.6. The number of Topliss-reactive ketones (excluding diaryl/α,β-unsaturated/α-hetero) is 1. The fourth-order valence-corrected chi connectivity index (χ4v) is 3.84. The molecule has 5 heteroatoms. The van der Waals surface area contributed by atoms with E-state index >= 15 is 0 Å². The molecule has 0 N–H and O–H groups in total. The van der Waals surface area contributed by atoms with Crippen LogP contribution in [0, 0.1) is 5.92 Å². The quantitative estimate of drug-likeness (QED) is 0.752. The van der Waals surface area contributed by atoms with E-state index in [1.54, 1.807) is 6.92 Å². The van der Waals surface area contributed by atoms with Crippen molar-refractivity contribution < 1.29 is 14.4 Å². The number of hydrogen-bond acceptors (Lipinski definition) is 4. The van der Waals surface area contributed by atoms with Crippen molar-refractivity contribution in [3.8, 4) is 0 Å². The van der Waals surface area contributed by atoms with Gasteiger partial charge in [0.25, 0.3) is 5.91 Å². The summed E-state index contributed by atoms with van der Waals surface area (Å²) in [5, 5.41) is 1.46. The van der Waals surface area contributed by atoms with Crippen molar-refractivity contribution in [1.82, 2.24) is 9.96 Å². The van der Waals surface area contributed by atoms with Gasteiger partial charge in [0.1, 0.15) is 17.9 Å². The summed E-state index contributed by atoms with van der Waals surface area (Å²) in [7, 11) is 0. The van der Waals surface area contributed by atoms with Crippen molar-refractivity contribution in [1.29, 1.82) is 0 Å². The molecule has 5 nitrogen and oxygen atoms in total. The number of ketones is 1. The van der Waals surface area contributed by atoms with Crippen LogP contribution in [0.2, 0.25) is 0 Å². The molecule has 0 bridgehead atoms. The van der Waals surface area contributed by atoms with Crippen molar-refractivity contribution in [2.45, 2.75) is 51.8 Å². The molecular formula is C19H26N2O3. The minimum atomic E-state index is -0.530. The molecule has 2 aliphatic heterocycles. The van der Waals surface area contributed by atoms with Crippen LogP contribution in [0.15, 0.2) is 30.3 Å². The molecule has 130 valence electrons. The summed E-state index contributed by atoms with van der Waals surface area (Å²) in [6.07, 6.45) is 1.51. The highest BCUT2D eigenvalue weighted by Gasteiger charge is 2.62. The highest BCUT2D eigenvalue weighted by Crippen LogP contribution is 2.43. The molecule has 0 radical (unpaired) electrons. The van der Waals surface area contributed by atoms with Gasteiger partial charge in [-0.25, -0.2) is 5.06 Å². The van der Waals surface area contributed by atoms with Gasteiger partial charge < -0.3 is 0 Å². The molecule has 3 rings (SSSR count). The lowest BCUT2D eigenvalue weighted by molar-refractivity contribution is -0.244. The van der Waals surface area contributed by atoms with E-state index in [0.29, 0.717) is 19.1 Å². The highest BCUT2D eigenvalue weighted by molar-refractivity contribution is 5.94. The van der Waals surface area contributed by atoms with Crippen molar-refractivity contribution in [2.24, 2.45) is 5.92 Å². The number of likely N-dealkylation sites (tertiary alicyclic amines) is 1. The van der Waals surface area contributed by atoms with E-state index in [1.807, 2.05) is 30.3 Å². The third-order valence-corrected chi connectivity index (χ3v) is 5.05. The van der Waals surface area contributed by atoms with Gasteiger partial charge in [0.15, 0.2) is 0 Å². The Labute approximate surface area is 143 Å². The fraction of sp³-hybridized carbons (Fsp3) is 0.579. The first-order valence-corrected chi connectivity index (χ1v) is 8.70. The monoisotopic (exact) mass is 330 g/mol. The Kier molecular flexibility index (Phi) is 4.74. The van der Waals surface area contributed by atoms with E-state index in [9.17, 15) is 9.59 Å². The van der Waals surface area contributed by atoms with Crippen LogP contribution in [-0.2, 0) is 21.0 Å². The summed E-state index contributed by atoms with van der Waals surface area (Å²) < 4.78 is 0. The Morgan fingerprint density at radius 3 is 2.62 bits per heavy atom. The number of hydroxylamine groups is 2. The first kappa shape index (κ1) is 17.1. The predicted molar refractivity (Wildman–Crippen MR) is 90.9 cm³/mol. The molecule has 0 aromatic heterocycles. The molecule has 1 aromatic carbocycles. The molecule has 2 fully saturated rings. The predicted octanol–water partition coefficient (Wildman–Crippen LogP) is 2.41. The summed E-state index contributed by atoms with van der Waals surface area (Å²) >= 11 is 0. The minimum absolute atomic E-state index is 0.00262. The second-order valence-corrected chi connectivity index (χ2v) is 7.34. The third kappa shape index (κ3) is 2.98. The number of amides is 1. The Balaban J connectivity index is 1.66. The standard InChI is InChI=1S/C19H26N2O3/c1-14(2)11-20-17(15(3)22)9-10-19(20)13-21(18(19)23)24-12-16-7-5-4-6-8-16/h4-8,14,17H,9-13H2,1-3H3. The molecule has 24 heavy (non-hydrogen) atoms. The second kappa shape index (κ2) is 6.65. The van der Waals surface area contributed by atoms with Gasteiger partial charge >= 0.3 is 0 Å². The van der Waals surface area contributed by atoms with Crippen molar-refractivity contribution >= 4 is 11.7 Å². The van der Waals surface area contributed by atoms with E-state index in [1.165, 1.54) is 5.06 Å². The molecule has 2 aliphatic rings. The smallest absolute Gasteiger partial charge is 0.268 e. The molecule has 2 atom stereocenters. The number of β-lactam (4-membered cyclic amide) rings is 1. The van der Waals surface area contributed by atoms with Gasteiger partial charge in [-0.05, 0) is 31.2 Å². The van der Waals surface area contributed by atoms with Gasteiger partial charge in [0.05, 0.1) is 12.6 Å². The Morgan fingerprint density at radius 2 is 2.04 bits per heavy atom. The van der Waals surface area contributed by atoms with Gasteiger partial charge in [-0.2, -0.15) is 0 Å². The summed E-state index contributed by atoms with van der Waals surface area (Å²) in [6, 6.07) is 9.69. The van der Waals surface area contributed by atoms with Gasteiger partial charge in [0.2, 0.25) is 0 Å². The second-order valence-electron chi connectivity index (χ2n) is 7.34. The Hall–Kier alpha value is -1.72. The van der Waals surface area contributed by atoms with E-state index in [-0.39, 0.29) is 17.7 Å². The number of benzene rings is 1. The molecule has 0 saturated carbocycles. The maximum Gasteiger partial charge on any atom is 0.268 e. The van der Waals surface area contributed by atoms with Crippen LogP contribution in [0.5, 0.6) is 0 Å². The van der Waals surface area contributed by atoms with E-state index < -0.39 is 5.54 Å². The summed E-state index contributed by atoms with van der Waals surface area (Å²) in [6.45, 7) is 7.58. The number of carbonyl (C=O) groups is 2. The molecule has 2 saturated heterocycles. The Bertz CT molecular complexity index is 616. The van der Waals surface area contributed by atoms with Crippen LogP contribution in [0.1, 0.15) is 39.2 Å². The summed E-state index contributed by atoms with van der Waals surface area (Å²) in [5.41, 5.74) is 0.510. The first-order valence-electron chi connectivity index (χ1n) is 8.70.